The highest BCUT2D eigenvalue weighted by atomic mass is 35.5. The van der Waals surface area contributed by atoms with E-state index in [4.69, 9.17) is 17.3 Å². The van der Waals surface area contributed by atoms with Crippen LogP contribution in [-0.4, -0.2) is 11.9 Å². The summed E-state index contributed by atoms with van der Waals surface area (Å²) in [7, 11) is 0. The maximum Gasteiger partial charge on any atom is 0.250 e. The second-order valence-corrected chi connectivity index (χ2v) is 4.87. The number of carbonyl (C=O) groups is 1. The van der Waals surface area contributed by atoms with Crippen molar-refractivity contribution in [3.8, 4) is 0 Å². The van der Waals surface area contributed by atoms with Gasteiger partial charge < -0.3 is 11.1 Å². The van der Waals surface area contributed by atoms with Gasteiger partial charge in [-0.2, -0.15) is 0 Å². The quantitative estimate of drug-likeness (QED) is 0.847. The van der Waals surface area contributed by atoms with Crippen molar-refractivity contribution in [3.63, 3.8) is 0 Å². The SMILES string of the molecule is CCC(Nc1ccc(C(N)=O)c(Cl)c1)C(C)C. The number of carbonyl (C=O) groups excluding carboxylic acids is 1. The second-order valence-electron chi connectivity index (χ2n) is 4.46. The highest BCUT2D eigenvalue weighted by Crippen LogP contribution is 2.22. The standard InChI is InChI=1S/C13H19ClN2O/c1-4-12(8(2)3)16-9-5-6-10(13(15)17)11(14)7-9/h5-8,12,16H,4H2,1-3H3,(H2,15,17). The molecule has 0 saturated heterocycles. The fourth-order valence-corrected chi connectivity index (χ4v) is 2.03. The molecule has 3 nitrogen and oxygen atoms in total. The molecule has 0 saturated carbocycles. The molecular weight excluding hydrogens is 236 g/mol. The number of hydrogen-bond donors (Lipinski definition) is 2. The van der Waals surface area contributed by atoms with Crippen molar-refractivity contribution in [1.82, 2.24) is 0 Å². The number of benzene rings is 1. The highest BCUT2D eigenvalue weighted by Gasteiger charge is 2.12. The number of rotatable bonds is 5. The van der Waals surface area contributed by atoms with E-state index < -0.39 is 5.91 Å². The van der Waals surface area contributed by atoms with Gasteiger partial charge in [0.1, 0.15) is 0 Å². The summed E-state index contributed by atoms with van der Waals surface area (Å²) in [4.78, 5) is 11.0. The number of hydrogen-bond acceptors (Lipinski definition) is 2. The minimum atomic E-state index is -0.502. The Bertz CT molecular complexity index is 404. The summed E-state index contributed by atoms with van der Waals surface area (Å²) in [6.45, 7) is 6.47. The number of nitrogens with two attached hydrogens (primary N) is 1. The zero-order valence-electron chi connectivity index (χ0n) is 10.5. The van der Waals surface area contributed by atoms with Crippen molar-refractivity contribution in [2.45, 2.75) is 33.2 Å². The van der Waals surface area contributed by atoms with E-state index >= 15 is 0 Å². The molecule has 1 atom stereocenters. The Morgan fingerprint density at radius 2 is 2.12 bits per heavy atom. The number of halogens is 1. The topological polar surface area (TPSA) is 55.1 Å². The number of nitrogens with one attached hydrogen (secondary N) is 1. The zero-order chi connectivity index (χ0) is 13.0. The fourth-order valence-electron chi connectivity index (χ4n) is 1.76. The maximum absolute atomic E-state index is 11.0. The van der Waals surface area contributed by atoms with Crippen molar-refractivity contribution >= 4 is 23.2 Å². The molecule has 1 amide bonds. The molecule has 0 fully saturated rings. The largest absolute Gasteiger partial charge is 0.382 e. The Kier molecular flexibility index (Phi) is 4.82. The van der Waals surface area contributed by atoms with E-state index in [2.05, 4.69) is 26.1 Å². The number of amides is 1. The summed E-state index contributed by atoms with van der Waals surface area (Å²) < 4.78 is 0. The molecule has 1 unspecified atom stereocenters. The fraction of sp³-hybridized carbons (Fsp3) is 0.462. The van der Waals surface area contributed by atoms with Gasteiger partial charge in [-0.3, -0.25) is 4.79 Å². The van der Waals surface area contributed by atoms with Crippen molar-refractivity contribution in [3.05, 3.63) is 28.8 Å². The normalized spacial score (nSPS) is 12.5. The van der Waals surface area contributed by atoms with Crippen molar-refractivity contribution in [2.75, 3.05) is 5.32 Å². The Balaban J connectivity index is 2.87. The molecule has 0 radical (unpaired) electrons. The molecule has 0 aliphatic carbocycles. The molecule has 0 aliphatic rings. The van der Waals surface area contributed by atoms with Crippen LogP contribution in [0.2, 0.25) is 5.02 Å². The van der Waals surface area contributed by atoms with Crippen LogP contribution in [-0.2, 0) is 0 Å². The molecule has 0 heterocycles. The predicted octanol–water partition coefficient (Wildman–Crippen LogP) is 3.29. The Labute approximate surface area is 107 Å². The smallest absolute Gasteiger partial charge is 0.250 e. The lowest BCUT2D eigenvalue weighted by atomic mass is 10.0. The van der Waals surface area contributed by atoms with Gasteiger partial charge in [0.05, 0.1) is 10.6 Å². The lowest BCUT2D eigenvalue weighted by Gasteiger charge is -2.22. The van der Waals surface area contributed by atoms with E-state index in [-0.39, 0.29) is 0 Å². The van der Waals surface area contributed by atoms with Crippen molar-refractivity contribution in [2.24, 2.45) is 11.7 Å². The van der Waals surface area contributed by atoms with E-state index in [1.165, 1.54) is 0 Å². The summed E-state index contributed by atoms with van der Waals surface area (Å²) in [5, 5.41) is 3.79. The first-order valence-electron chi connectivity index (χ1n) is 5.81. The molecule has 1 rings (SSSR count). The maximum atomic E-state index is 11.0. The molecule has 4 heteroatoms. The van der Waals surface area contributed by atoms with Gasteiger partial charge in [-0.1, -0.05) is 32.4 Å². The Hall–Kier alpha value is -1.22. The van der Waals surface area contributed by atoms with Gasteiger partial charge in [0.25, 0.3) is 0 Å². The molecule has 94 valence electrons. The Morgan fingerprint density at radius 1 is 1.47 bits per heavy atom. The average Bonchev–Trinajstić information content (AvgIpc) is 2.24. The average molecular weight is 255 g/mol. The predicted molar refractivity (Wildman–Crippen MR) is 72.5 cm³/mol. The lowest BCUT2D eigenvalue weighted by molar-refractivity contribution is 0.100. The summed E-state index contributed by atoms with van der Waals surface area (Å²) in [5.41, 5.74) is 6.47. The van der Waals surface area contributed by atoms with Crippen molar-refractivity contribution < 1.29 is 4.79 Å². The van der Waals surface area contributed by atoms with Gasteiger partial charge in [-0.15, -0.1) is 0 Å². The molecule has 3 N–H and O–H groups in total. The molecule has 0 spiro atoms. The monoisotopic (exact) mass is 254 g/mol. The van der Waals surface area contributed by atoms with Crippen LogP contribution in [0.3, 0.4) is 0 Å². The summed E-state index contributed by atoms with van der Waals surface area (Å²) in [6, 6.07) is 5.62. The van der Waals surface area contributed by atoms with E-state index in [1.807, 2.05) is 6.07 Å². The summed E-state index contributed by atoms with van der Waals surface area (Å²) in [6.07, 6.45) is 1.03. The van der Waals surface area contributed by atoms with Crippen LogP contribution in [0.15, 0.2) is 18.2 Å². The zero-order valence-corrected chi connectivity index (χ0v) is 11.2. The van der Waals surface area contributed by atoms with Gasteiger partial charge in [0.2, 0.25) is 5.91 Å². The first kappa shape index (κ1) is 13.8. The second kappa shape index (κ2) is 5.92. The van der Waals surface area contributed by atoms with E-state index in [0.29, 0.717) is 22.5 Å². The molecule has 0 aliphatic heterocycles. The molecule has 1 aromatic rings. The van der Waals surface area contributed by atoms with Crippen LogP contribution < -0.4 is 11.1 Å². The van der Waals surface area contributed by atoms with E-state index in [1.54, 1.807) is 12.1 Å². The van der Waals surface area contributed by atoms with Gasteiger partial charge in [-0.05, 0) is 30.5 Å². The lowest BCUT2D eigenvalue weighted by Crippen LogP contribution is -2.24. The van der Waals surface area contributed by atoms with Crippen LogP contribution in [0.4, 0.5) is 5.69 Å². The van der Waals surface area contributed by atoms with E-state index in [9.17, 15) is 4.79 Å². The number of anilines is 1. The first-order valence-corrected chi connectivity index (χ1v) is 6.19. The highest BCUT2D eigenvalue weighted by molar-refractivity contribution is 6.34. The molecule has 0 bridgehead atoms. The van der Waals surface area contributed by atoms with Gasteiger partial charge in [0.15, 0.2) is 0 Å². The first-order chi connectivity index (χ1) is 7.95. The van der Waals surface area contributed by atoms with E-state index in [0.717, 1.165) is 12.1 Å². The minimum absolute atomic E-state index is 0.356. The van der Waals surface area contributed by atoms with Crippen LogP contribution in [0, 0.1) is 5.92 Å². The van der Waals surface area contributed by atoms with Crippen LogP contribution >= 0.6 is 11.6 Å². The molecule has 17 heavy (non-hydrogen) atoms. The third-order valence-electron chi connectivity index (χ3n) is 2.83. The van der Waals surface area contributed by atoms with Crippen LogP contribution in [0.5, 0.6) is 0 Å². The molecule has 1 aromatic carbocycles. The summed E-state index contributed by atoms with van der Waals surface area (Å²) in [5.74, 6) is 0.0343. The number of primary amides is 1. The van der Waals surface area contributed by atoms with Crippen LogP contribution in [0.25, 0.3) is 0 Å². The van der Waals surface area contributed by atoms with Gasteiger partial charge >= 0.3 is 0 Å². The van der Waals surface area contributed by atoms with Crippen molar-refractivity contribution in [1.29, 1.82) is 0 Å². The summed E-state index contributed by atoms with van der Waals surface area (Å²) >= 11 is 5.99. The van der Waals surface area contributed by atoms with Gasteiger partial charge in [-0.25, -0.2) is 0 Å². The molecule has 0 aromatic heterocycles. The Morgan fingerprint density at radius 3 is 2.53 bits per heavy atom. The third kappa shape index (κ3) is 3.63. The molecular formula is C13H19ClN2O. The van der Waals surface area contributed by atoms with Gasteiger partial charge in [0, 0.05) is 11.7 Å². The van der Waals surface area contributed by atoms with Crippen LogP contribution in [0.1, 0.15) is 37.6 Å². The minimum Gasteiger partial charge on any atom is -0.382 e. The third-order valence-corrected chi connectivity index (χ3v) is 3.14.